The van der Waals surface area contributed by atoms with Crippen molar-refractivity contribution >= 4 is 17.3 Å². The molecule has 3 rings (SSSR count). The van der Waals surface area contributed by atoms with Gasteiger partial charge in [-0.1, -0.05) is 35.9 Å². The summed E-state index contributed by atoms with van der Waals surface area (Å²) in [7, 11) is 0. The predicted molar refractivity (Wildman–Crippen MR) is 82.4 cm³/mol. The van der Waals surface area contributed by atoms with E-state index in [-0.39, 0.29) is 10.6 Å². The standard InChI is InChI=1S/C16H15ClN2O2/c17-16-6-5-15(19(20)21)9-14(16)11-18-8-7-12-3-1-2-4-13(12)10-18/h1-6,9H,7-8,10-11H2. The van der Waals surface area contributed by atoms with Gasteiger partial charge in [0.2, 0.25) is 0 Å². The summed E-state index contributed by atoms with van der Waals surface area (Å²) in [5, 5.41) is 11.5. The molecule has 1 aliphatic rings. The molecule has 108 valence electrons. The van der Waals surface area contributed by atoms with Gasteiger partial charge in [0.25, 0.3) is 5.69 Å². The molecule has 0 aliphatic carbocycles. The van der Waals surface area contributed by atoms with Crippen molar-refractivity contribution in [3.05, 3.63) is 74.3 Å². The van der Waals surface area contributed by atoms with E-state index in [2.05, 4.69) is 23.1 Å². The van der Waals surface area contributed by atoms with Crippen molar-refractivity contribution in [2.24, 2.45) is 0 Å². The minimum atomic E-state index is -0.384. The van der Waals surface area contributed by atoms with Gasteiger partial charge in [0, 0.05) is 36.8 Å². The van der Waals surface area contributed by atoms with Crippen molar-refractivity contribution in [1.29, 1.82) is 0 Å². The maximum absolute atomic E-state index is 10.9. The highest BCUT2D eigenvalue weighted by Crippen LogP contribution is 2.26. The van der Waals surface area contributed by atoms with Gasteiger partial charge in [-0.3, -0.25) is 15.0 Å². The molecular weight excluding hydrogens is 288 g/mol. The molecule has 4 nitrogen and oxygen atoms in total. The monoisotopic (exact) mass is 302 g/mol. The zero-order valence-corrected chi connectivity index (χ0v) is 12.2. The number of fused-ring (bicyclic) bond motifs is 1. The lowest BCUT2D eigenvalue weighted by Gasteiger charge is -2.28. The molecule has 0 saturated carbocycles. The molecule has 0 atom stereocenters. The van der Waals surface area contributed by atoms with E-state index in [0.717, 1.165) is 25.1 Å². The summed E-state index contributed by atoms with van der Waals surface area (Å²) in [6, 6.07) is 13.0. The Balaban J connectivity index is 1.79. The molecule has 0 radical (unpaired) electrons. The van der Waals surface area contributed by atoms with Gasteiger partial charge in [-0.2, -0.15) is 0 Å². The smallest absolute Gasteiger partial charge is 0.269 e. The van der Waals surface area contributed by atoms with Crippen molar-refractivity contribution < 1.29 is 4.92 Å². The van der Waals surface area contributed by atoms with Gasteiger partial charge in [0.05, 0.1) is 4.92 Å². The van der Waals surface area contributed by atoms with E-state index in [0.29, 0.717) is 11.6 Å². The highest BCUT2D eigenvalue weighted by atomic mass is 35.5. The van der Waals surface area contributed by atoms with Crippen LogP contribution in [0, 0.1) is 10.1 Å². The van der Waals surface area contributed by atoms with Gasteiger partial charge in [-0.15, -0.1) is 0 Å². The minimum absolute atomic E-state index is 0.0896. The van der Waals surface area contributed by atoms with E-state index < -0.39 is 0 Å². The number of rotatable bonds is 3. The third-order valence-electron chi connectivity index (χ3n) is 3.84. The number of hydrogen-bond donors (Lipinski definition) is 0. The summed E-state index contributed by atoms with van der Waals surface area (Å²) < 4.78 is 0. The Kier molecular flexibility index (Phi) is 3.90. The molecule has 0 amide bonds. The molecule has 5 heteroatoms. The number of non-ortho nitro benzene ring substituents is 1. The molecule has 0 unspecified atom stereocenters. The van der Waals surface area contributed by atoms with Gasteiger partial charge >= 0.3 is 0 Å². The third-order valence-corrected chi connectivity index (χ3v) is 4.21. The van der Waals surface area contributed by atoms with Crippen LogP contribution < -0.4 is 0 Å². The van der Waals surface area contributed by atoms with Crippen LogP contribution in [0.5, 0.6) is 0 Å². The molecular formula is C16H15ClN2O2. The summed E-state index contributed by atoms with van der Waals surface area (Å²) in [6.07, 6.45) is 1.00. The zero-order valence-electron chi connectivity index (χ0n) is 11.5. The van der Waals surface area contributed by atoms with Crippen LogP contribution in [0.15, 0.2) is 42.5 Å². The van der Waals surface area contributed by atoms with Crippen LogP contribution in [-0.2, 0) is 19.5 Å². The Hall–Kier alpha value is -1.91. The molecule has 0 aromatic heterocycles. The quantitative estimate of drug-likeness (QED) is 0.640. The summed E-state index contributed by atoms with van der Waals surface area (Å²) in [6.45, 7) is 2.43. The Bertz CT molecular complexity index is 688. The normalized spacial score (nSPS) is 14.7. The molecule has 0 spiro atoms. The van der Waals surface area contributed by atoms with Gasteiger partial charge < -0.3 is 0 Å². The molecule has 0 saturated heterocycles. The van der Waals surface area contributed by atoms with Crippen molar-refractivity contribution in [2.45, 2.75) is 19.5 Å². The SMILES string of the molecule is O=[N+]([O-])c1ccc(Cl)c(CN2CCc3ccccc3C2)c1. The second-order valence-electron chi connectivity index (χ2n) is 5.26. The van der Waals surface area contributed by atoms with Crippen LogP contribution >= 0.6 is 11.6 Å². The second kappa shape index (κ2) is 5.84. The maximum Gasteiger partial charge on any atom is 0.269 e. The van der Waals surface area contributed by atoms with E-state index in [1.807, 2.05) is 6.07 Å². The molecule has 0 fully saturated rings. The molecule has 21 heavy (non-hydrogen) atoms. The number of nitro groups is 1. The van der Waals surface area contributed by atoms with E-state index in [1.165, 1.54) is 17.2 Å². The lowest BCUT2D eigenvalue weighted by atomic mass is 9.99. The molecule has 0 N–H and O–H groups in total. The summed E-state index contributed by atoms with van der Waals surface area (Å²) in [4.78, 5) is 12.8. The average Bonchev–Trinajstić information content (AvgIpc) is 2.49. The lowest BCUT2D eigenvalue weighted by Crippen LogP contribution is -2.30. The predicted octanol–water partition coefficient (Wildman–Crippen LogP) is 3.81. The van der Waals surface area contributed by atoms with E-state index in [4.69, 9.17) is 11.6 Å². The van der Waals surface area contributed by atoms with Crippen LogP contribution in [-0.4, -0.2) is 16.4 Å². The van der Waals surface area contributed by atoms with Crippen LogP contribution in [0.3, 0.4) is 0 Å². The second-order valence-corrected chi connectivity index (χ2v) is 5.67. The Morgan fingerprint density at radius 1 is 1.19 bits per heavy atom. The lowest BCUT2D eigenvalue weighted by molar-refractivity contribution is -0.384. The first-order valence-electron chi connectivity index (χ1n) is 6.85. The number of nitrogens with zero attached hydrogens (tertiary/aromatic N) is 2. The largest absolute Gasteiger partial charge is 0.294 e. The number of nitro benzene ring substituents is 1. The first kappa shape index (κ1) is 14.0. The fraction of sp³-hybridized carbons (Fsp3) is 0.250. The first-order chi connectivity index (χ1) is 10.1. The van der Waals surface area contributed by atoms with Crippen molar-refractivity contribution in [2.75, 3.05) is 6.54 Å². The van der Waals surface area contributed by atoms with Gasteiger partial charge in [0.1, 0.15) is 0 Å². The van der Waals surface area contributed by atoms with Crippen molar-refractivity contribution in [3.8, 4) is 0 Å². The van der Waals surface area contributed by atoms with Gasteiger partial charge in [-0.05, 0) is 29.2 Å². The highest BCUT2D eigenvalue weighted by molar-refractivity contribution is 6.31. The minimum Gasteiger partial charge on any atom is -0.294 e. The zero-order chi connectivity index (χ0) is 14.8. The third kappa shape index (κ3) is 3.06. The van der Waals surface area contributed by atoms with Crippen LogP contribution in [0.2, 0.25) is 5.02 Å². The maximum atomic E-state index is 10.9. The van der Waals surface area contributed by atoms with Crippen molar-refractivity contribution in [3.63, 3.8) is 0 Å². The van der Waals surface area contributed by atoms with Crippen LogP contribution in [0.25, 0.3) is 0 Å². The highest BCUT2D eigenvalue weighted by Gasteiger charge is 2.18. The summed E-state index contributed by atoms with van der Waals surface area (Å²) >= 11 is 6.17. The first-order valence-corrected chi connectivity index (χ1v) is 7.23. The van der Waals surface area contributed by atoms with Gasteiger partial charge in [-0.25, -0.2) is 0 Å². The molecule has 1 heterocycles. The van der Waals surface area contributed by atoms with Crippen LogP contribution in [0.1, 0.15) is 16.7 Å². The topological polar surface area (TPSA) is 46.4 Å². The molecule has 1 aliphatic heterocycles. The van der Waals surface area contributed by atoms with E-state index >= 15 is 0 Å². The van der Waals surface area contributed by atoms with Gasteiger partial charge in [0.15, 0.2) is 0 Å². The van der Waals surface area contributed by atoms with E-state index in [1.54, 1.807) is 12.1 Å². The number of benzene rings is 2. The summed E-state index contributed by atoms with van der Waals surface area (Å²) in [5.74, 6) is 0. The van der Waals surface area contributed by atoms with Crippen LogP contribution in [0.4, 0.5) is 5.69 Å². The Morgan fingerprint density at radius 2 is 1.95 bits per heavy atom. The Labute approximate surface area is 128 Å². The number of halogens is 1. The fourth-order valence-electron chi connectivity index (χ4n) is 2.73. The van der Waals surface area contributed by atoms with Crippen molar-refractivity contribution in [1.82, 2.24) is 4.90 Å². The average molecular weight is 303 g/mol. The molecule has 0 bridgehead atoms. The Morgan fingerprint density at radius 3 is 2.71 bits per heavy atom. The van der Waals surface area contributed by atoms with E-state index in [9.17, 15) is 10.1 Å². The molecule has 2 aromatic carbocycles. The summed E-state index contributed by atoms with van der Waals surface area (Å²) in [5.41, 5.74) is 3.61. The molecule has 2 aromatic rings. The number of hydrogen-bond acceptors (Lipinski definition) is 3. The fourth-order valence-corrected chi connectivity index (χ4v) is 2.90.